The van der Waals surface area contributed by atoms with Crippen LogP contribution >= 0.6 is 23.6 Å². The lowest BCUT2D eigenvalue weighted by atomic mass is 9.96. The Bertz CT molecular complexity index is 1130. The summed E-state index contributed by atoms with van der Waals surface area (Å²) in [7, 11) is 0. The van der Waals surface area contributed by atoms with Crippen LogP contribution in [-0.2, 0) is 27.1 Å². The van der Waals surface area contributed by atoms with Crippen molar-refractivity contribution in [3.63, 3.8) is 0 Å². The monoisotopic (exact) mass is 532 g/mol. The minimum atomic E-state index is -0.551. The molecule has 0 amide bonds. The number of thiocarbonyl (C=S) groups is 1. The summed E-state index contributed by atoms with van der Waals surface area (Å²) >= 11 is 7.06. The van der Waals surface area contributed by atoms with Gasteiger partial charge in [-0.3, -0.25) is 0 Å². The van der Waals surface area contributed by atoms with E-state index in [1.54, 1.807) is 20.8 Å². The Kier molecular flexibility index (Phi) is 10.2. The zero-order chi connectivity index (χ0) is 26.1. The number of nitrogens with one attached hydrogen (secondary N) is 2. The molecule has 0 atom stereocenters. The van der Waals surface area contributed by atoms with E-state index in [9.17, 15) is 14.4 Å². The van der Waals surface area contributed by atoms with E-state index in [1.165, 1.54) is 40.8 Å². The second kappa shape index (κ2) is 13.4. The van der Waals surface area contributed by atoms with Gasteiger partial charge in [-0.1, -0.05) is 12.8 Å². The molecule has 1 aromatic heterocycles. The molecule has 0 radical (unpaired) electrons. The van der Waals surface area contributed by atoms with Gasteiger partial charge in [0, 0.05) is 4.88 Å². The molecule has 0 saturated heterocycles. The number of carbonyl (C=O) groups excluding carboxylic acids is 3. The topological polar surface area (TPSA) is 103 Å². The number of thiophene rings is 1. The fraction of sp³-hybridized carbons (Fsp3) is 0.462. The molecule has 1 aliphatic rings. The van der Waals surface area contributed by atoms with Crippen LogP contribution < -0.4 is 10.6 Å². The third-order valence-corrected chi connectivity index (χ3v) is 7.06. The number of rotatable bonds is 8. The van der Waals surface area contributed by atoms with Crippen LogP contribution in [0.5, 0.6) is 0 Å². The van der Waals surface area contributed by atoms with E-state index >= 15 is 0 Å². The van der Waals surface area contributed by atoms with Crippen LogP contribution in [0.15, 0.2) is 18.2 Å². The molecule has 194 valence electrons. The van der Waals surface area contributed by atoms with Crippen LogP contribution in [0.1, 0.15) is 88.0 Å². The van der Waals surface area contributed by atoms with Crippen molar-refractivity contribution in [2.45, 2.75) is 59.3 Å². The first kappa shape index (κ1) is 27.6. The highest BCUT2D eigenvalue weighted by Gasteiger charge is 2.26. The van der Waals surface area contributed by atoms with Gasteiger partial charge in [0.15, 0.2) is 5.11 Å². The number of carbonyl (C=O) groups is 3. The van der Waals surface area contributed by atoms with Gasteiger partial charge in [0.1, 0.15) is 5.00 Å². The van der Waals surface area contributed by atoms with Gasteiger partial charge in [0.25, 0.3) is 0 Å². The molecule has 1 aromatic carbocycles. The van der Waals surface area contributed by atoms with E-state index < -0.39 is 11.9 Å². The average molecular weight is 533 g/mol. The Balaban J connectivity index is 1.92. The zero-order valence-electron chi connectivity index (χ0n) is 20.9. The molecule has 0 spiro atoms. The lowest BCUT2D eigenvalue weighted by molar-refractivity contribution is 0.0512. The number of hydrogen-bond acceptors (Lipinski definition) is 8. The largest absolute Gasteiger partial charge is 0.462 e. The Hall–Kier alpha value is -2.98. The lowest BCUT2D eigenvalue weighted by Crippen LogP contribution is -2.22. The first-order valence-corrected chi connectivity index (χ1v) is 13.5. The summed E-state index contributed by atoms with van der Waals surface area (Å²) in [5.74, 6) is -1.45. The van der Waals surface area contributed by atoms with E-state index in [2.05, 4.69) is 10.6 Å². The minimum absolute atomic E-state index is 0.168. The quantitative estimate of drug-likeness (QED) is 0.250. The predicted molar refractivity (Wildman–Crippen MR) is 144 cm³/mol. The molecule has 1 aliphatic carbocycles. The van der Waals surface area contributed by atoms with Crippen molar-refractivity contribution in [1.29, 1.82) is 0 Å². The molecule has 2 N–H and O–H groups in total. The molecule has 0 fully saturated rings. The van der Waals surface area contributed by atoms with E-state index in [-0.39, 0.29) is 42.0 Å². The van der Waals surface area contributed by atoms with E-state index in [0.717, 1.165) is 37.7 Å². The molecule has 8 nitrogen and oxygen atoms in total. The second-order valence-electron chi connectivity index (χ2n) is 8.12. The summed E-state index contributed by atoms with van der Waals surface area (Å²) in [5, 5.41) is 6.92. The zero-order valence-corrected chi connectivity index (χ0v) is 22.5. The van der Waals surface area contributed by atoms with Gasteiger partial charge >= 0.3 is 17.9 Å². The average Bonchev–Trinajstić information content (AvgIpc) is 3.15. The van der Waals surface area contributed by atoms with Gasteiger partial charge in [-0.25, -0.2) is 14.4 Å². The highest BCUT2D eigenvalue weighted by atomic mass is 32.1. The molecule has 2 aromatic rings. The molecule has 36 heavy (non-hydrogen) atoms. The molecule has 0 aliphatic heterocycles. The van der Waals surface area contributed by atoms with Crippen LogP contribution in [0.25, 0.3) is 0 Å². The Morgan fingerprint density at radius 2 is 1.50 bits per heavy atom. The van der Waals surface area contributed by atoms with Crippen molar-refractivity contribution in [2.75, 3.05) is 30.5 Å². The van der Waals surface area contributed by atoms with Gasteiger partial charge in [0.2, 0.25) is 0 Å². The number of aryl methyl sites for hydroxylation is 1. The molecule has 0 saturated carbocycles. The Morgan fingerprint density at radius 1 is 0.861 bits per heavy atom. The van der Waals surface area contributed by atoms with E-state index in [1.807, 2.05) is 0 Å². The summed E-state index contributed by atoms with van der Waals surface area (Å²) in [4.78, 5) is 38.9. The molecule has 0 unspecified atom stereocenters. The highest BCUT2D eigenvalue weighted by Crippen LogP contribution is 2.37. The summed E-state index contributed by atoms with van der Waals surface area (Å²) < 4.78 is 15.6. The highest BCUT2D eigenvalue weighted by molar-refractivity contribution is 7.80. The third-order valence-electron chi connectivity index (χ3n) is 5.65. The van der Waals surface area contributed by atoms with Crippen LogP contribution in [-0.4, -0.2) is 42.8 Å². The second-order valence-corrected chi connectivity index (χ2v) is 9.64. The number of hydrogen-bond donors (Lipinski definition) is 2. The predicted octanol–water partition coefficient (Wildman–Crippen LogP) is 5.75. The lowest BCUT2D eigenvalue weighted by Gasteiger charge is -2.15. The fourth-order valence-corrected chi connectivity index (χ4v) is 5.62. The number of anilines is 2. The summed E-state index contributed by atoms with van der Waals surface area (Å²) in [5.41, 5.74) is 2.33. The van der Waals surface area contributed by atoms with Gasteiger partial charge in [-0.05, 0) is 82.4 Å². The normalized spacial score (nSPS) is 13.0. The maximum absolute atomic E-state index is 12.9. The van der Waals surface area contributed by atoms with Crippen molar-refractivity contribution >= 4 is 57.3 Å². The van der Waals surface area contributed by atoms with Crippen LogP contribution in [0.4, 0.5) is 10.7 Å². The van der Waals surface area contributed by atoms with Gasteiger partial charge < -0.3 is 24.8 Å². The van der Waals surface area contributed by atoms with Crippen LogP contribution in [0.3, 0.4) is 0 Å². The summed E-state index contributed by atoms with van der Waals surface area (Å²) in [6.45, 7) is 5.90. The van der Waals surface area contributed by atoms with Crippen LogP contribution in [0.2, 0.25) is 0 Å². The Morgan fingerprint density at radius 3 is 2.19 bits per heavy atom. The van der Waals surface area contributed by atoms with Gasteiger partial charge in [-0.2, -0.15) is 0 Å². The van der Waals surface area contributed by atoms with Crippen LogP contribution in [0, 0.1) is 0 Å². The molecule has 0 bridgehead atoms. The SMILES string of the molecule is CCOC(=O)c1ccc(C(=O)OCC)c(NC(=S)Nc2sc3c(c2C(=O)OCC)CCCCCC3)c1. The standard InChI is InChI=1S/C26H32N2O6S2/c1-4-32-23(29)16-13-14-17(24(30)33-5-2)19(15-16)27-26(35)28-22-21(25(31)34-6-3)18-11-9-7-8-10-12-20(18)36-22/h13-15H,4-12H2,1-3H3,(H2,27,28,35). The third kappa shape index (κ3) is 6.82. The first-order chi connectivity index (χ1) is 17.4. The first-order valence-electron chi connectivity index (χ1n) is 12.3. The van der Waals surface area contributed by atoms with Crippen molar-refractivity contribution in [2.24, 2.45) is 0 Å². The van der Waals surface area contributed by atoms with E-state index in [4.69, 9.17) is 26.4 Å². The molecule has 3 rings (SSSR count). The smallest absolute Gasteiger partial charge is 0.341 e. The maximum Gasteiger partial charge on any atom is 0.341 e. The summed E-state index contributed by atoms with van der Waals surface area (Å²) in [6, 6.07) is 4.50. The van der Waals surface area contributed by atoms with Crippen molar-refractivity contribution in [3.05, 3.63) is 45.3 Å². The maximum atomic E-state index is 12.9. The van der Waals surface area contributed by atoms with Crippen molar-refractivity contribution in [3.8, 4) is 0 Å². The number of fused-ring (bicyclic) bond motifs is 1. The van der Waals surface area contributed by atoms with Crippen molar-refractivity contribution in [1.82, 2.24) is 0 Å². The molecular weight excluding hydrogens is 500 g/mol. The fourth-order valence-electron chi connectivity index (χ4n) is 4.06. The Labute approximate surface area is 220 Å². The van der Waals surface area contributed by atoms with Gasteiger partial charge in [-0.15, -0.1) is 11.3 Å². The number of benzene rings is 1. The number of ether oxygens (including phenoxy) is 3. The minimum Gasteiger partial charge on any atom is -0.462 e. The molecular formula is C26H32N2O6S2. The van der Waals surface area contributed by atoms with Crippen molar-refractivity contribution < 1.29 is 28.6 Å². The molecule has 1 heterocycles. The molecule has 10 heteroatoms. The summed E-state index contributed by atoms with van der Waals surface area (Å²) in [6.07, 6.45) is 6.11. The van der Waals surface area contributed by atoms with Gasteiger partial charge in [0.05, 0.1) is 42.2 Å². The van der Waals surface area contributed by atoms with E-state index in [0.29, 0.717) is 16.3 Å². The number of esters is 3.